The maximum Gasteiger partial charge on any atom is 0.361 e. The summed E-state index contributed by atoms with van der Waals surface area (Å²) in [5.74, 6) is -0.546. The van der Waals surface area contributed by atoms with Crippen molar-refractivity contribution >= 4 is 5.97 Å². The molecule has 0 saturated heterocycles. The summed E-state index contributed by atoms with van der Waals surface area (Å²) in [6.07, 6.45) is 0.820. The lowest BCUT2D eigenvalue weighted by Gasteiger charge is -2.18. The topological polar surface area (TPSA) is 57.0 Å². The van der Waals surface area contributed by atoms with E-state index in [0.29, 0.717) is 6.42 Å². The molecule has 1 aromatic heterocycles. The Morgan fingerprint density at radius 1 is 1.59 bits per heavy atom. The average Bonchev–Trinajstić information content (AvgIpc) is 2.63. The first-order chi connectivity index (χ1) is 7.81. The molecule has 0 radical (unpaired) electrons. The van der Waals surface area contributed by atoms with Gasteiger partial charge in [-0.3, -0.25) is 0 Å². The number of rotatable bonds is 4. The largest absolute Gasteiger partial charge is 0.455 e. The maximum absolute atomic E-state index is 13.1. The van der Waals surface area contributed by atoms with Gasteiger partial charge in [0.2, 0.25) is 0 Å². The van der Waals surface area contributed by atoms with Gasteiger partial charge in [-0.25, -0.2) is 13.9 Å². The number of ether oxygens (including phenoxy) is 1. The normalized spacial score (nSPS) is 13.5. The zero-order valence-corrected chi connectivity index (χ0v) is 10.6. The van der Waals surface area contributed by atoms with Crippen molar-refractivity contribution in [2.45, 2.75) is 52.4 Å². The fraction of sp³-hybridized carbons (Fsp3) is 0.727. The maximum atomic E-state index is 13.1. The molecule has 1 aromatic rings. The molecule has 0 bridgehead atoms. The van der Waals surface area contributed by atoms with Crippen LogP contribution in [0.1, 0.15) is 44.6 Å². The van der Waals surface area contributed by atoms with E-state index in [4.69, 9.17) is 4.74 Å². The fourth-order valence-electron chi connectivity index (χ4n) is 1.14. The quantitative estimate of drug-likeness (QED) is 0.759. The molecule has 17 heavy (non-hydrogen) atoms. The molecule has 0 aliphatic heterocycles. The van der Waals surface area contributed by atoms with Crippen LogP contribution in [-0.2, 0) is 11.3 Å². The van der Waals surface area contributed by atoms with E-state index in [1.165, 1.54) is 10.9 Å². The molecule has 1 rings (SSSR count). The second-order valence-electron chi connectivity index (χ2n) is 4.83. The minimum atomic E-state index is -0.983. The molecule has 0 aromatic carbocycles. The highest BCUT2D eigenvalue weighted by atomic mass is 19.1. The number of hydrogen-bond acceptors (Lipinski definition) is 4. The number of alkyl halides is 1. The molecular formula is C11H18FN3O2. The van der Waals surface area contributed by atoms with Crippen molar-refractivity contribution in [3.05, 3.63) is 11.9 Å². The van der Waals surface area contributed by atoms with Gasteiger partial charge >= 0.3 is 5.97 Å². The van der Waals surface area contributed by atoms with Gasteiger partial charge in [-0.2, -0.15) is 0 Å². The summed E-state index contributed by atoms with van der Waals surface area (Å²) >= 11 is 0. The third kappa shape index (κ3) is 4.50. The summed E-state index contributed by atoms with van der Waals surface area (Å²) in [5.41, 5.74) is -0.476. The Kier molecular flexibility index (Phi) is 4.20. The van der Waals surface area contributed by atoms with E-state index in [-0.39, 0.29) is 12.2 Å². The van der Waals surface area contributed by atoms with Crippen LogP contribution in [0.5, 0.6) is 0 Å². The zero-order chi connectivity index (χ0) is 13.1. The monoisotopic (exact) mass is 243 g/mol. The molecule has 0 aliphatic rings. The van der Waals surface area contributed by atoms with Crippen LogP contribution in [0.4, 0.5) is 4.39 Å². The van der Waals surface area contributed by atoms with Gasteiger partial charge in [0.15, 0.2) is 5.69 Å². The first-order valence-corrected chi connectivity index (χ1v) is 5.59. The van der Waals surface area contributed by atoms with Gasteiger partial charge in [0.25, 0.3) is 0 Å². The van der Waals surface area contributed by atoms with Gasteiger partial charge in [0, 0.05) is 0 Å². The van der Waals surface area contributed by atoms with E-state index in [1.54, 1.807) is 27.7 Å². The zero-order valence-electron chi connectivity index (χ0n) is 10.6. The van der Waals surface area contributed by atoms with E-state index in [2.05, 4.69) is 10.3 Å². The number of nitrogens with zero attached hydrogens (tertiary/aromatic N) is 3. The number of esters is 1. The first kappa shape index (κ1) is 13.6. The standard InChI is InChI=1S/C11H18FN3O2/c1-5-8(12)6-15-7-9(13-14-15)10(16)17-11(2,3)4/h7-8H,5-6H2,1-4H3. The molecule has 5 nitrogen and oxygen atoms in total. The number of carbonyl (C=O) groups is 1. The van der Waals surface area contributed by atoms with Crippen LogP contribution in [0.25, 0.3) is 0 Å². The number of hydrogen-bond donors (Lipinski definition) is 0. The van der Waals surface area contributed by atoms with E-state index < -0.39 is 17.7 Å². The van der Waals surface area contributed by atoms with Crippen molar-refractivity contribution in [3.63, 3.8) is 0 Å². The van der Waals surface area contributed by atoms with Crippen molar-refractivity contribution in [1.82, 2.24) is 15.0 Å². The Hall–Kier alpha value is -1.46. The van der Waals surface area contributed by atoms with Crippen LogP contribution in [0.2, 0.25) is 0 Å². The van der Waals surface area contributed by atoms with Gasteiger partial charge in [-0.1, -0.05) is 12.1 Å². The van der Waals surface area contributed by atoms with Crippen molar-refractivity contribution in [2.24, 2.45) is 0 Å². The predicted molar refractivity (Wildman–Crippen MR) is 60.4 cm³/mol. The third-order valence-corrected chi connectivity index (χ3v) is 1.97. The van der Waals surface area contributed by atoms with Crippen LogP contribution >= 0.6 is 0 Å². The highest BCUT2D eigenvalue weighted by Gasteiger charge is 2.20. The Bertz CT molecular complexity index is 384. The molecule has 1 atom stereocenters. The van der Waals surface area contributed by atoms with Gasteiger partial charge in [0.05, 0.1) is 12.7 Å². The third-order valence-electron chi connectivity index (χ3n) is 1.97. The Morgan fingerprint density at radius 2 is 2.24 bits per heavy atom. The molecule has 1 unspecified atom stereocenters. The average molecular weight is 243 g/mol. The second kappa shape index (κ2) is 5.25. The molecule has 0 aliphatic carbocycles. The first-order valence-electron chi connectivity index (χ1n) is 5.59. The van der Waals surface area contributed by atoms with Gasteiger partial charge in [-0.15, -0.1) is 5.10 Å². The lowest BCUT2D eigenvalue weighted by molar-refractivity contribution is 0.00626. The van der Waals surface area contributed by atoms with Gasteiger partial charge in [0.1, 0.15) is 11.8 Å². The minimum absolute atomic E-state index is 0.100. The predicted octanol–water partition coefficient (Wildman–Crippen LogP) is 1.98. The Labute approximate surface area is 100.0 Å². The van der Waals surface area contributed by atoms with Crippen molar-refractivity contribution in [1.29, 1.82) is 0 Å². The van der Waals surface area contributed by atoms with Gasteiger partial charge < -0.3 is 4.74 Å². The van der Waals surface area contributed by atoms with E-state index >= 15 is 0 Å². The van der Waals surface area contributed by atoms with E-state index in [1.807, 2.05) is 0 Å². The summed E-state index contributed by atoms with van der Waals surface area (Å²) in [6.45, 7) is 7.15. The Balaban J connectivity index is 2.65. The lowest BCUT2D eigenvalue weighted by atomic mass is 10.2. The molecule has 0 N–H and O–H groups in total. The van der Waals surface area contributed by atoms with E-state index in [0.717, 1.165) is 0 Å². The summed E-state index contributed by atoms with van der Waals surface area (Å²) in [7, 11) is 0. The van der Waals surface area contributed by atoms with Crippen LogP contribution in [-0.4, -0.2) is 32.7 Å². The smallest absolute Gasteiger partial charge is 0.361 e. The summed E-state index contributed by atoms with van der Waals surface area (Å²) in [5, 5.41) is 7.34. The van der Waals surface area contributed by atoms with Gasteiger partial charge in [-0.05, 0) is 27.2 Å². The van der Waals surface area contributed by atoms with Crippen LogP contribution in [0, 0.1) is 0 Å². The summed E-state index contributed by atoms with van der Waals surface area (Å²) in [6, 6.07) is 0. The highest BCUT2D eigenvalue weighted by molar-refractivity contribution is 5.86. The summed E-state index contributed by atoms with van der Waals surface area (Å²) in [4.78, 5) is 11.6. The second-order valence-corrected chi connectivity index (χ2v) is 4.83. The number of aromatic nitrogens is 3. The molecule has 0 saturated carbocycles. The number of carbonyl (C=O) groups excluding carboxylic acids is 1. The highest BCUT2D eigenvalue weighted by Crippen LogP contribution is 2.10. The molecule has 6 heteroatoms. The van der Waals surface area contributed by atoms with E-state index in [9.17, 15) is 9.18 Å². The Morgan fingerprint density at radius 3 is 2.76 bits per heavy atom. The summed E-state index contributed by atoms with van der Waals surface area (Å²) < 4.78 is 19.5. The molecule has 0 spiro atoms. The van der Waals surface area contributed by atoms with Crippen LogP contribution in [0.3, 0.4) is 0 Å². The molecular weight excluding hydrogens is 225 g/mol. The molecule has 0 amide bonds. The lowest BCUT2D eigenvalue weighted by Crippen LogP contribution is -2.24. The molecule has 0 fully saturated rings. The van der Waals surface area contributed by atoms with Crippen molar-refractivity contribution in [2.75, 3.05) is 0 Å². The molecule has 1 heterocycles. The van der Waals surface area contributed by atoms with Crippen molar-refractivity contribution < 1.29 is 13.9 Å². The molecule has 96 valence electrons. The van der Waals surface area contributed by atoms with Crippen LogP contribution < -0.4 is 0 Å². The van der Waals surface area contributed by atoms with Crippen LogP contribution in [0.15, 0.2) is 6.20 Å². The SMILES string of the molecule is CCC(F)Cn1cc(C(=O)OC(C)(C)C)nn1. The number of halogens is 1. The minimum Gasteiger partial charge on any atom is -0.455 e. The fourth-order valence-corrected chi connectivity index (χ4v) is 1.14. The van der Waals surface area contributed by atoms with Crippen molar-refractivity contribution in [3.8, 4) is 0 Å².